The Hall–Kier alpha value is -1.88. The summed E-state index contributed by atoms with van der Waals surface area (Å²) >= 11 is 0. The molecule has 0 bridgehead atoms. The Morgan fingerprint density at radius 3 is 2.79 bits per heavy atom. The average molecular weight is 260 g/mol. The van der Waals surface area contributed by atoms with Crippen LogP contribution >= 0.6 is 0 Å². The first-order valence-corrected chi connectivity index (χ1v) is 6.49. The van der Waals surface area contributed by atoms with Crippen LogP contribution in [0.4, 0.5) is 0 Å². The fourth-order valence-electron chi connectivity index (χ4n) is 1.85. The molecule has 1 heterocycles. The molecule has 0 spiro atoms. The van der Waals surface area contributed by atoms with Gasteiger partial charge in [-0.3, -0.25) is 5.10 Å². The standard InChI is InChI=1S/C14H20N4O/c1-9(2)19-12-5-4-11(8-10(12)3)14-16-13(6-7-15)17-18-14/h4-5,8-9H,6-7,15H2,1-3H3,(H,16,17,18). The predicted molar refractivity (Wildman–Crippen MR) is 75.1 cm³/mol. The van der Waals surface area contributed by atoms with Crippen LogP contribution in [0, 0.1) is 6.92 Å². The van der Waals surface area contributed by atoms with Gasteiger partial charge in [0, 0.05) is 12.0 Å². The zero-order valence-electron chi connectivity index (χ0n) is 11.6. The van der Waals surface area contributed by atoms with Gasteiger partial charge in [0.2, 0.25) is 0 Å². The maximum atomic E-state index is 5.71. The first-order chi connectivity index (χ1) is 9.10. The molecule has 0 fully saturated rings. The van der Waals surface area contributed by atoms with E-state index < -0.39 is 0 Å². The second-order valence-corrected chi connectivity index (χ2v) is 4.79. The lowest BCUT2D eigenvalue weighted by Gasteiger charge is -2.12. The maximum absolute atomic E-state index is 5.71. The zero-order chi connectivity index (χ0) is 13.8. The number of hydrogen-bond acceptors (Lipinski definition) is 4. The highest BCUT2D eigenvalue weighted by molar-refractivity contribution is 5.58. The molecule has 0 saturated heterocycles. The summed E-state index contributed by atoms with van der Waals surface area (Å²) in [6.07, 6.45) is 0.879. The van der Waals surface area contributed by atoms with Crippen molar-refractivity contribution < 1.29 is 4.74 Å². The summed E-state index contributed by atoms with van der Waals surface area (Å²) in [6, 6.07) is 5.97. The second kappa shape index (κ2) is 5.84. The fraction of sp³-hybridized carbons (Fsp3) is 0.429. The van der Waals surface area contributed by atoms with Crippen molar-refractivity contribution in [2.75, 3.05) is 6.54 Å². The summed E-state index contributed by atoms with van der Waals surface area (Å²) in [4.78, 5) is 4.41. The first kappa shape index (κ1) is 13.5. The number of aryl methyl sites for hydroxylation is 1. The van der Waals surface area contributed by atoms with Crippen LogP contribution in [0.5, 0.6) is 5.75 Å². The van der Waals surface area contributed by atoms with Crippen LogP contribution in [0.25, 0.3) is 11.4 Å². The van der Waals surface area contributed by atoms with Gasteiger partial charge in [-0.1, -0.05) is 0 Å². The molecule has 5 heteroatoms. The number of ether oxygens (including phenoxy) is 1. The van der Waals surface area contributed by atoms with E-state index in [9.17, 15) is 0 Å². The average Bonchev–Trinajstić information content (AvgIpc) is 2.80. The van der Waals surface area contributed by atoms with Crippen LogP contribution in [0.2, 0.25) is 0 Å². The molecule has 0 aliphatic heterocycles. The smallest absolute Gasteiger partial charge is 0.181 e. The van der Waals surface area contributed by atoms with Gasteiger partial charge in [-0.15, -0.1) is 0 Å². The summed E-state index contributed by atoms with van der Waals surface area (Å²) in [7, 11) is 0. The lowest BCUT2D eigenvalue weighted by atomic mass is 10.1. The zero-order valence-corrected chi connectivity index (χ0v) is 11.6. The van der Waals surface area contributed by atoms with Gasteiger partial charge in [-0.05, 0) is 51.1 Å². The number of nitrogens with zero attached hydrogens (tertiary/aromatic N) is 2. The highest BCUT2D eigenvalue weighted by Gasteiger charge is 2.08. The van der Waals surface area contributed by atoms with Crippen molar-refractivity contribution in [3.8, 4) is 17.1 Å². The Bertz CT molecular complexity index is 548. The summed E-state index contributed by atoms with van der Waals surface area (Å²) in [5, 5.41) is 7.10. The Labute approximate surface area is 113 Å². The number of aromatic nitrogens is 3. The topological polar surface area (TPSA) is 76.8 Å². The third kappa shape index (κ3) is 3.32. The molecule has 0 atom stereocenters. The van der Waals surface area contributed by atoms with Gasteiger partial charge < -0.3 is 10.5 Å². The number of H-pyrrole nitrogens is 1. The third-order valence-corrected chi connectivity index (χ3v) is 2.71. The summed E-state index contributed by atoms with van der Waals surface area (Å²) in [5.41, 5.74) is 7.55. The van der Waals surface area contributed by atoms with Crippen LogP contribution in [0.15, 0.2) is 18.2 Å². The van der Waals surface area contributed by atoms with Gasteiger partial charge in [0.15, 0.2) is 5.82 Å². The van der Waals surface area contributed by atoms with Crippen molar-refractivity contribution in [2.45, 2.75) is 33.3 Å². The molecule has 2 aromatic rings. The fourth-order valence-corrected chi connectivity index (χ4v) is 1.85. The van der Waals surface area contributed by atoms with Crippen LogP contribution < -0.4 is 10.5 Å². The van der Waals surface area contributed by atoms with E-state index in [1.807, 2.05) is 39.0 Å². The third-order valence-electron chi connectivity index (χ3n) is 2.71. The minimum Gasteiger partial charge on any atom is -0.491 e. The molecule has 0 unspecified atom stereocenters. The Balaban J connectivity index is 2.22. The molecule has 1 aromatic heterocycles. The lowest BCUT2D eigenvalue weighted by Crippen LogP contribution is -2.06. The van der Waals surface area contributed by atoms with E-state index in [0.717, 1.165) is 22.7 Å². The minimum atomic E-state index is 0.171. The molecule has 0 aliphatic rings. The van der Waals surface area contributed by atoms with Gasteiger partial charge in [0.05, 0.1) is 6.10 Å². The van der Waals surface area contributed by atoms with Gasteiger partial charge >= 0.3 is 0 Å². The molecule has 102 valence electrons. The maximum Gasteiger partial charge on any atom is 0.181 e. The summed E-state index contributed by atoms with van der Waals surface area (Å²) in [5.74, 6) is 2.41. The SMILES string of the molecule is Cc1cc(-c2n[nH]c(CCN)n2)ccc1OC(C)C. The monoisotopic (exact) mass is 260 g/mol. The predicted octanol–water partition coefficient (Wildman–Crippen LogP) is 2.07. The Morgan fingerprint density at radius 2 is 2.16 bits per heavy atom. The first-order valence-electron chi connectivity index (χ1n) is 6.49. The number of aromatic amines is 1. The molecule has 1 aromatic carbocycles. The normalized spacial score (nSPS) is 11.0. The van der Waals surface area contributed by atoms with Gasteiger partial charge in [-0.25, -0.2) is 4.98 Å². The number of nitrogens with two attached hydrogens (primary N) is 1. The van der Waals surface area contributed by atoms with Crippen molar-refractivity contribution in [1.82, 2.24) is 15.2 Å². The largest absolute Gasteiger partial charge is 0.491 e. The molecule has 2 rings (SSSR count). The van der Waals surface area contributed by atoms with Crippen molar-refractivity contribution in [1.29, 1.82) is 0 Å². The van der Waals surface area contributed by atoms with Crippen LogP contribution in [-0.2, 0) is 6.42 Å². The molecule has 0 amide bonds. The number of nitrogens with one attached hydrogen (secondary N) is 1. The lowest BCUT2D eigenvalue weighted by molar-refractivity contribution is 0.241. The van der Waals surface area contributed by atoms with E-state index in [2.05, 4.69) is 15.2 Å². The Morgan fingerprint density at radius 1 is 1.37 bits per heavy atom. The van der Waals surface area contributed by atoms with Crippen LogP contribution in [0.3, 0.4) is 0 Å². The summed E-state index contributed by atoms with van der Waals surface area (Å²) in [6.45, 7) is 6.62. The van der Waals surface area contributed by atoms with Gasteiger partial charge in [0.25, 0.3) is 0 Å². The van der Waals surface area contributed by atoms with E-state index in [-0.39, 0.29) is 6.10 Å². The number of benzene rings is 1. The Kier molecular flexibility index (Phi) is 4.16. The minimum absolute atomic E-state index is 0.171. The highest BCUT2D eigenvalue weighted by atomic mass is 16.5. The van der Waals surface area contributed by atoms with E-state index in [4.69, 9.17) is 10.5 Å². The highest BCUT2D eigenvalue weighted by Crippen LogP contribution is 2.24. The van der Waals surface area contributed by atoms with E-state index >= 15 is 0 Å². The number of hydrogen-bond donors (Lipinski definition) is 2. The van der Waals surface area contributed by atoms with Crippen molar-refractivity contribution in [3.05, 3.63) is 29.6 Å². The van der Waals surface area contributed by atoms with Crippen LogP contribution in [0.1, 0.15) is 25.2 Å². The molecule has 0 radical (unpaired) electrons. The van der Waals surface area contributed by atoms with Crippen molar-refractivity contribution in [3.63, 3.8) is 0 Å². The van der Waals surface area contributed by atoms with Gasteiger partial charge in [-0.2, -0.15) is 5.10 Å². The molecule has 5 nitrogen and oxygen atoms in total. The van der Waals surface area contributed by atoms with Crippen molar-refractivity contribution >= 4 is 0 Å². The number of rotatable bonds is 5. The molecule has 19 heavy (non-hydrogen) atoms. The van der Waals surface area contributed by atoms with E-state index in [0.29, 0.717) is 18.8 Å². The molecular formula is C14H20N4O. The van der Waals surface area contributed by atoms with E-state index in [1.165, 1.54) is 0 Å². The quantitative estimate of drug-likeness (QED) is 0.862. The van der Waals surface area contributed by atoms with Gasteiger partial charge in [0.1, 0.15) is 11.6 Å². The van der Waals surface area contributed by atoms with Crippen LogP contribution in [-0.4, -0.2) is 27.8 Å². The summed E-state index contributed by atoms with van der Waals surface area (Å²) < 4.78 is 5.71. The molecule has 3 N–H and O–H groups in total. The second-order valence-electron chi connectivity index (χ2n) is 4.79. The van der Waals surface area contributed by atoms with E-state index in [1.54, 1.807) is 0 Å². The molecular weight excluding hydrogens is 240 g/mol. The molecule has 0 saturated carbocycles. The van der Waals surface area contributed by atoms with Crippen molar-refractivity contribution in [2.24, 2.45) is 5.73 Å². The molecule has 0 aliphatic carbocycles.